The SMILES string of the molecule is Cc1ccc(-c2nnn(CC(=O)Nc3ccccc3SCC#N)n2)cc1. The molecule has 130 valence electrons. The van der Waals surface area contributed by atoms with Crippen LogP contribution in [0.4, 0.5) is 5.69 Å². The van der Waals surface area contributed by atoms with E-state index in [1.807, 2.05) is 49.4 Å². The average molecular weight is 364 g/mol. The Balaban J connectivity index is 1.66. The molecule has 2 aromatic carbocycles. The number of amides is 1. The molecule has 0 saturated heterocycles. The number of hydrogen-bond donors (Lipinski definition) is 1. The molecule has 26 heavy (non-hydrogen) atoms. The number of para-hydroxylation sites is 1. The van der Waals surface area contributed by atoms with Gasteiger partial charge in [-0.2, -0.15) is 10.1 Å². The molecule has 0 aliphatic carbocycles. The largest absolute Gasteiger partial charge is 0.323 e. The Morgan fingerprint density at radius 2 is 2.00 bits per heavy atom. The highest BCUT2D eigenvalue weighted by atomic mass is 32.2. The van der Waals surface area contributed by atoms with Gasteiger partial charge in [0, 0.05) is 10.5 Å². The molecule has 0 radical (unpaired) electrons. The van der Waals surface area contributed by atoms with Crippen molar-refractivity contribution in [2.45, 2.75) is 18.4 Å². The maximum atomic E-state index is 12.3. The van der Waals surface area contributed by atoms with E-state index in [0.717, 1.165) is 16.0 Å². The van der Waals surface area contributed by atoms with Gasteiger partial charge >= 0.3 is 0 Å². The molecule has 0 spiro atoms. The van der Waals surface area contributed by atoms with E-state index in [-0.39, 0.29) is 12.5 Å². The van der Waals surface area contributed by atoms with Crippen LogP contribution in [0.5, 0.6) is 0 Å². The van der Waals surface area contributed by atoms with E-state index >= 15 is 0 Å². The third-order valence-electron chi connectivity index (χ3n) is 3.50. The number of carbonyl (C=O) groups excluding carboxylic acids is 1. The van der Waals surface area contributed by atoms with Crippen molar-refractivity contribution in [3.63, 3.8) is 0 Å². The number of aryl methyl sites for hydroxylation is 1. The number of hydrogen-bond acceptors (Lipinski definition) is 6. The summed E-state index contributed by atoms with van der Waals surface area (Å²) in [6.07, 6.45) is 0. The number of thioether (sulfide) groups is 1. The molecule has 8 heteroatoms. The molecule has 7 nitrogen and oxygen atoms in total. The van der Waals surface area contributed by atoms with Crippen LogP contribution in [0.1, 0.15) is 5.56 Å². The van der Waals surface area contributed by atoms with Crippen molar-refractivity contribution < 1.29 is 4.79 Å². The Labute approximate surface area is 155 Å². The van der Waals surface area contributed by atoms with Crippen molar-refractivity contribution in [3.8, 4) is 17.5 Å². The zero-order valence-electron chi connectivity index (χ0n) is 14.1. The Hall–Kier alpha value is -3.18. The van der Waals surface area contributed by atoms with E-state index in [4.69, 9.17) is 5.26 Å². The highest BCUT2D eigenvalue weighted by molar-refractivity contribution is 7.99. The van der Waals surface area contributed by atoms with Crippen molar-refractivity contribution in [1.82, 2.24) is 20.2 Å². The Bertz CT molecular complexity index is 945. The van der Waals surface area contributed by atoms with Crippen molar-refractivity contribution in [2.24, 2.45) is 0 Å². The van der Waals surface area contributed by atoms with Crippen LogP contribution in [0.25, 0.3) is 11.4 Å². The summed E-state index contributed by atoms with van der Waals surface area (Å²) < 4.78 is 0. The van der Waals surface area contributed by atoms with Gasteiger partial charge in [-0.1, -0.05) is 42.0 Å². The van der Waals surface area contributed by atoms with Crippen LogP contribution in [-0.2, 0) is 11.3 Å². The molecule has 0 saturated carbocycles. The molecule has 0 bridgehead atoms. The number of rotatable bonds is 6. The Morgan fingerprint density at radius 1 is 1.23 bits per heavy atom. The summed E-state index contributed by atoms with van der Waals surface area (Å²) in [5.74, 6) is 0.530. The molecule has 0 unspecified atom stereocenters. The van der Waals surface area contributed by atoms with Crippen LogP contribution < -0.4 is 5.32 Å². The molecular formula is C18H16N6OS. The maximum absolute atomic E-state index is 12.3. The third-order valence-corrected chi connectivity index (χ3v) is 4.44. The van der Waals surface area contributed by atoms with Gasteiger partial charge in [-0.05, 0) is 24.3 Å². The van der Waals surface area contributed by atoms with Crippen LogP contribution in [0.3, 0.4) is 0 Å². The first-order valence-electron chi connectivity index (χ1n) is 7.89. The Kier molecular flexibility index (Phi) is 5.61. The van der Waals surface area contributed by atoms with Crippen LogP contribution in [0.2, 0.25) is 0 Å². The van der Waals surface area contributed by atoms with Gasteiger partial charge in [-0.15, -0.1) is 22.0 Å². The first kappa shape index (κ1) is 17.6. The number of aromatic nitrogens is 4. The number of carbonyl (C=O) groups is 1. The second-order valence-electron chi connectivity index (χ2n) is 5.50. The molecule has 1 aromatic heterocycles. The first-order valence-corrected chi connectivity index (χ1v) is 8.88. The van der Waals surface area contributed by atoms with Crippen LogP contribution in [-0.4, -0.2) is 31.9 Å². The zero-order valence-corrected chi connectivity index (χ0v) is 14.9. The van der Waals surface area contributed by atoms with Gasteiger partial charge in [0.1, 0.15) is 6.54 Å². The summed E-state index contributed by atoms with van der Waals surface area (Å²) in [6.45, 7) is 1.96. The smallest absolute Gasteiger partial charge is 0.248 e. The van der Waals surface area contributed by atoms with Gasteiger partial charge in [0.05, 0.1) is 17.5 Å². The van der Waals surface area contributed by atoms with Gasteiger partial charge in [0.25, 0.3) is 0 Å². The second-order valence-corrected chi connectivity index (χ2v) is 6.52. The molecule has 1 amide bonds. The minimum Gasteiger partial charge on any atom is -0.323 e. The van der Waals surface area contributed by atoms with E-state index in [0.29, 0.717) is 17.3 Å². The molecule has 0 aliphatic heterocycles. The molecule has 1 heterocycles. The van der Waals surface area contributed by atoms with Gasteiger partial charge in [0.2, 0.25) is 11.7 Å². The highest BCUT2D eigenvalue weighted by Crippen LogP contribution is 2.26. The summed E-state index contributed by atoms with van der Waals surface area (Å²) in [6, 6.07) is 17.2. The number of anilines is 1. The van der Waals surface area contributed by atoms with E-state index in [1.165, 1.54) is 16.6 Å². The zero-order chi connectivity index (χ0) is 18.4. The summed E-state index contributed by atoms with van der Waals surface area (Å²) in [7, 11) is 0. The van der Waals surface area contributed by atoms with Gasteiger partial charge < -0.3 is 5.32 Å². The third kappa shape index (κ3) is 4.46. The number of nitrogens with one attached hydrogen (secondary N) is 1. The fraction of sp³-hybridized carbons (Fsp3) is 0.167. The second kappa shape index (κ2) is 8.27. The summed E-state index contributed by atoms with van der Waals surface area (Å²) in [5.41, 5.74) is 2.66. The minimum absolute atomic E-state index is 0.0455. The number of benzene rings is 2. The monoisotopic (exact) mass is 364 g/mol. The molecule has 0 fully saturated rings. The first-order chi connectivity index (χ1) is 12.7. The van der Waals surface area contributed by atoms with E-state index < -0.39 is 0 Å². The molecule has 0 aliphatic rings. The molecular weight excluding hydrogens is 348 g/mol. The summed E-state index contributed by atoms with van der Waals surface area (Å²) in [4.78, 5) is 14.4. The van der Waals surface area contributed by atoms with Gasteiger partial charge in [-0.3, -0.25) is 4.79 Å². The van der Waals surface area contributed by atoms with E-state index in [2.05, 4.69) is 26.8 Å². The summed E-state index contributed by atoms with van der Waals surface area (Å²) >= 11 is 1.37. The van der Waals surface area contributed by atoms with E-state index in [9.17, 15) is 4.79 Å². The van der Waals surface area contributed by atoms with Crippen LogP contribution >= 0.6 is 11.8 Å². The topological polar surface area (TPSA) is 96.5 Å². The number of nitrogens with zero attached hydrogens (tertiary/aromatic N) is 5. The molecule has 3 aromatic rings. The number of nitriles is 1. The lowest BCUT2D eigenvalue weighted by Crippen LogP contribution is -2.20. The molecule has 0 atom stereocenters. The van der Waals surface area contributed by atoms with Crippen molar-refractivity contribution in [3.05, 3.63) is 54.1 Å². The van der Waals surface area contributed by atoms with Gasteiger partial charge in [-0.25, -0.2) is 0 Å². The normalized spacial score (nSPS) is 10.3. The highest BCUT2D eigenvalue weighted by Gasteiger charge is 2.11. The molecule has 1 N–H and O–H groups in total. The predicted octanol–water partition coefficient (Wildman–Crippen LogP) is 2.90. The summed E-state index contributed by atoms with van der Waals surface area (Å²) in [5, 5.41) is 23.7. The fourth-order valence-electron chi connectivity index (χ4n) is 2.25. The van der Waals surface area contributed by atoms with Crippen LogP contribution in [0, 0.1) is 18.3 Å². The number of tetrazole rings is 1. The fourth-order valence-corrected chi connectivity index (χ4v) is 2.92. The van der Waals surface area contributed by atoms with Crippen molar-refractivity contribution in [1.29, 1.82) is 5.26 Å². The minimum atomic E-state index is -0.261. The Morgan fingerprint density at radius 3 is 2.77 bits per heavy atom. The molecule has 3 rings (SSSR count). The quantitative estimate of drug-likeness (QED) is 0.676. The average Bonchev–Trinajstić information content (AvgIpc) is 3.10. The van der Waals surface area contributed by atoms with Crippen molar-refractivity contribution in [2.75, 3.05) is 11.1 Å². The lowest BCUT2D eigenvalue weighted by atomic mass is 10.1. The lowest BCUT2D eigenvalue weighted by molar-refractivity contribution is -0.117. The van der Waals surface area contributed by atoms with E-state index in [1.54, 1.807) is 6.07 Å². The lowest BCUT2D eigenvalue weighted by Gasteiger charge is -2.09. The predicted molar refractivity (Wildman–Crippen MR) is 99.4 cm³/mol. The maximum Gasteiger partial charge on any atom is 0.248 e. The standard InChI is InChI=1S/C18H16N6OS/c1-13-6-8-14(9-7-13)18-21-23-24(22-18)12-17(25)20-15-4-2-3-5-16(15)26-11-10-19/h2-9H,11-12H2,1H3,(H,20,25). The van der Waals surface area contributed by atoms with Crippen LogP contribution in [0.15, 0.2) is 53.4 Å². The van der Waals surface area contributed by atoms with Crippen molar-refractivity contribution >= 4 is 23.4 Å². The van der Waals surface area contributed by atoms with Gasteiger partial charge in [0.15, 0.2) is 0 Å².